The standard InChI is InChI=1S/C73H49N/c1-3-20-60(21-4-1)73(61-22-5-2-6-23-61)71-28-12-11-26-69(71)70-46-38-57(49-72(70)73)52-35-43-64(44-36-52)74(63-41-33-51(34-42-63)56-37-45-68-59(48-56)30-29-54-16-8-10-25-66(54)68)62-39-31-50(32-40-62)55-18-13-19-58(47-55)67-27-14-17-53-15-7-9-24-65(53)67/h1-49H. The smallest absolute Gasteiger partial charge is 0.0713 e. The van der Waals surface area contributed by atoms with Gasteiger partial charge in [0.2, 0.25) is 0 Å². The second kappa shape index (κ2) is 17.9. The topological polar surface area (TPSA) is 3.24 Å². The van der Waals surface area contributed by atoms with Crippen molar-refractivity contribution < 1.29 is 0 Å². The Bertz CT molecular complexity index is 4170. The molecule has 74 heavy (non-hydrogen) atoms. The molecule has 0 radical (unpaired) electrons. The van der Waals surface area contributed by atoms with Gasteiger partial charge in [0.05, 0.1) is 5.41 Å². The average Bonchev–Trinajstić information content (AvgIpc) is 3.84. The monoisotopic (exact) mass is 939 g/mol. The van der Waals surface area contributed by atoms with Gasteiger partial charge in [0.25, 0.3) is 0 Å². The number of hydrogen-bond acceptors (Lipinski definition) is 1. The maximum atomic E-state index is 2.45. The van der Waals surface area contributed by atoms with Crippen molar-refractivity contribution in [2.75, 3.05) is 4.90 Å². The maximum Gasteiger partial charge on any atom is 0.0713 e. The first-order valence-corrected chi connectivity index (χ1v) is 25.6. The van der Waals surface area contributed by atoms with E-state index in [-0.39, 0.29) is 0 Å². The molecule has 1 aliphatic rings. The van der Waals surface area contributed by atoms with Gasteiger partial charge in [-0.05, 0) is 165 Å². The van der Waals surface area contributed by atoms with Crippen LogP contribution in [0.5, 0.6) is 0 Å². The molecule has 0 aliphatic heterocycles. The minimum atomic E-state index is -0.460. The lowest BCUT2D eigenvalue weighted by Gasteiger charge is -2.34. The largest absolute Gasteiger partial charge is 0.311 e. The second-order valence-corrected chi connectivity index (χ2v) is 19.6. The molecule has 1 heteroatoms. The van der Waals surface area contributed by atoms with Crippen molar-refractivity contribution in [1.82, 2.24) is 0 Å². The highest BCUT2D eigenvalue weighted by Crippen LogP contribution is 2.57. The lowest BCUT2D eigenvalue weighted by molar-refractivity contribution is 0.769. The Morgan fingerprint density at radius 3 is 1.31 bits per heavy atom. The maximum absolute atomic E-state index is 2.45. The molecule has 0 amide bonds. The van der Waals surface area contributed by atoms with E-state index in [0.29, 0.717) is 0 Å². The molecule has 0 spiro atoms. The molecule has 0 aromatic heterocycles. The van der Waals surface area contributed by atoms with Crippen LogP contribution in [0.2, 0.25) is 0 Å². The quantitative estimate of drug-likeness (QED) is 0.130. The zero-order chi connectivity index (χ0) is 49.0. The summed E-state index contributed by atoms with van der Waals surface area (Å²) < 4.78 is 0. The number of nitrogens with zero attached hydrogens (tertiary/aromatic N) is 1. The molecule has 0 heterocycles. The third kappa shape index (κ3) is 7.24. The summed E-state index contributed by atoms with van der Waals surface area (Å²) in [5, 5.41) is 7.58. The van der Waals surface area contributed by atoms with E-state index in [1.807, 2.05) is 0 Å². The normalized spacial score (nSPS) is 12.4. The summed E-state index contributed by atoms with van der Waals surface area (Å²) in [6, 6.07) is 110. The van der Waals surface area contributed by atoms with Crippen LogP contribution in [-0.4, -0.2) is 0 Å². The van der Waals surface area contributed by atoms with E-state index in [1.54, 1.807) is 0 Å². The summed E-state index contributed by atoms with van der Waals surface area (Å²) >= 11 is 0. The van der Waals surface area contributed by atoms with Crippen LogP contribution in [-0.2, 0) is 5.41 Å². The van der Waals surface area contributed by atoms with Crippen LogP contribution >= 0.6 is 0 Å². The Kier molecular flexibility index (Phi) is 10.5. The third-order valence-electron chi connectivity index (χ3n) is 15.5. The summed E-state index contributed by atoms with van der Waals surface area (Å²) in [4.78, 5) is 2.38. The van der Waals surface area contributed by atoms with Gasteiger partial charge >= 0.3 is 0 Å². The Morgan fingerprint density at radius 1 is 0.216 bits per heavy atom. The molecule has 1 nitrogen and oxygen atoms in total. The number of rotatable bonds is 9. The molecule has 1 aliphatic carbocycles. The van der Waals surface area contributed by atoms with Gasteiger partial charge in [-0.25, -0.2) is 0 Å². The van der Waals surface area contributed by atoms with Crippen LogP contribution in [0.1, 0.15) is 22.3 Å². The molecule has 346 valence electrons. The Hall–Kier alpha value is -9.56. The lowest BCUT2D eigenvalue weighted by atomic mass is 9.67. The number of anilines is 3. The number of fused-ring (bicyclic) bond motifs is 7. The van der Waals surface area contributed by atoms with Gasteiger partial charge in [0, 0.05) is 17.1 Å². The van der Waals surface area contributed by atoms with Crippen LogP contribution in [0, 0.1) is 0 Å². The van der Waals surface area contributed by atoms with Gasteiger partial charge in [-0.1, -0.05) is 243 Å². The van der Waals surface area contributed by atoms with Gasteiger partial charge < -0.3 is 4.90 Å². The molecule has 0 N–H and O–H groups in total. The highest BCUT2D eigenvalue weighted by atomic mass is 15.1. The minimum absolute atomic E-state index is 0.460. The third-order valence-corrected chi connectivity index (χ3v) is 15.5. The predicted molar refractivity (Wildman–Crippen MR) is 313 cm³/mol. The van der Waals surface area contributed by atoms with Crippen LogP contribution in [0.25, 0.3) is 88.0 Å². The van der Waals surface area contributed by atoms with Gasteiger partial charge in [-0.15, -0.1) is 0 Å². The molecule has 0 bridgehead atoms. The molecule has 0 unspecified atom stereocenters. The average molecular weight is 940 g/mol. The van der Waals surface area contributed by atoms with Crippen molar-refractivity contribution >= 4 is 49.4 Å². The van der Waals surface area contributed by atoms with Crippen molar-refractivity contribution in [2.24, 2.45) is 0 Å². The first kappa shape index (κ1) is 43.2. The molecule has 13 aromatic carbocycles. The molecule has 14 rings (SSSR count). The van der Waals surface area contributed by atoms with Gasteiger partial charge in [-0.3, -0.25) is 0 Å². The van der Waals surface area contributed by atoms with Crippen LogP contribution in [0.15, 0.2) is 297 Å². The number of hydrogen-bond donors (Lipinski definition) is 0. The highest BCUT2D eigenvalue weighted by molar-refractivity contribution is 6.08. The van der Waals surface area contributed by atoms with E-state index >= 15 is 0 Å². The van der Waals surface area contributed by atoms with Gasteiger partial charge in [0.1, 0.15) is 0 Å². The SMILES string of the molecule is c1ccc(C2(c3ccccc3)c3ccccc3-c3ccc(-c4ccc(N(c5ccc(-c6cccc(-c7cccc8ccccc78)c6)cc5)c5ccc(-c6ccc7c(ccc8ccccc87)c6)cc5)cc4)cc32)cc1. The molecule has 0 fully saturated rings. The van der Waals surface area contributed by atoms with Crippen molar-refractivity contribution in [3.63, 3.8) is 0 Å². The van der Waals surface area contributed by atoms with Crippen molar-refractivity contribution in [2.45, 2.75) is 5.41 Å². The van der Waals surface area contributed by atoms with E-state index in [1.165, 1.54) is 110 Å². The molecule has 0 saturated heterocycles. The Balaban J connectivity index is 0.847. The van der Waals surface area contributed by atoms with Gasteiger partial charge in [0.15, 0.2) is 0 Å². The fraction of sp³-hybridized carbons (Fsp3) is 0.0137. The van der Waals surface area contributed by atoms with E-state index in [0.717, 1.165) is 17.1 Å². The summed E-state index contributed by atoms with van der Waals surface area (Å²) in [5.41, 5.74) is 20.1. The van der Waals surface area contributed by atoms with E-state index in [2.05, 4.69) is 302 Å². The van der Waals surface area contributed by atoms with E-state index < -0.39 is 5.41 Å². The summed E-state index contributed by atoms with van der Waals surface area (Å²) in [6.07, 6.45) is 0. The molecule has 0 saturated carbocycles. The molecular formula is C73H49N. The van der Waals surface area contributed by atoms with E-state index in [4.69, 9.17) is 0 Å². The van der Waals surface area contributed by atoms with Crippen LogP contribution in [0.3, 0.4) is 0 Å². The second-order valence-electron chi connectivity index (χ2n) is 19.6. The van der Waals surface area contributed by atoms with Crippen LogP contribution < -0.4 is 4.90 Å². The molecular weight excluding hydrogens is 891 g/mol. The Labute approximate surface area is 432 Å². The highest BCUT2D eigenvalue weighted by Gasteiger charge is 2.46. The fourth-order valence-electron chi connectivity index (χ4n) is 12.0. The Morgan fingerprint density at radius 2 is 0.649 bits per heavy atom. The zero-order valence-electron chi connectivity index (χ0n) is 40.7. The van der Waals surface area contributed by atoms with Gasteiger partial charge in [-0.2, -0.15) is 0 Å². The summed E-state index contributed by atoms with van der Waals surface area (Å²) in [6.45, 7) is 0. The van der Waals surface area contributed by atoms with E-state index in [9.17, 15) is 0 Å². The predicted octanol–water partition coefficient (Wildman–Crippen LogP) is 19.6. The zero-order valence-corrected chi connectivity index (χ0v) is 40.7. The summed E-state index contributed by atoms with van der Waals surface area (Å²) in [5.74, 6) is 0. The van der Waals surface area contributed by atoms with Crippen molar-refractivity contribution in [3.05, 3.63) is 320 Å². The first-order valence-electron chi connectivity index (χ1n) is 25.6. The van der Waals surface area contributed by atoms with Crippen molar-refractivity contribution in [1.29, 1.82) is 0 Å². The number of benzene rings is 13. The minimum Gasteiger partial charge on any atom is -0.311 e. The first-order chi connectivity index (χ1) is 36.7. The fourth-order valence-corrected chi connectivity index (χ4v) is 12.0. The molecule has 13 aromatic rings. The summed E-state index contributed by atoms with van der Waals surface area (Å²) in [7, 11) is 0. The van der Waals surface area contributed by atoms with Crippen LogP contribution in [0.4, 0.5) is 17.1 Å². The lowest BCUT2D eigenvalue weighted by Crippen LogP contribution is -2.28. The van der Waals surface area contributed by atoms with Crippen molar-refractivity contribution in [3.8, 4) is 55.6 Å². The molecule has 0 atom stereocenters.